The van der Waals surface area contributed by atoms with Crippen LogP contribution in [0, 0.1) is 6.92 Å². The molecule has 0 saturated carbocycles. The molecule has 0 aromatic carbocycles. The predicted molar refractivity (Wildman–Crippen MR) is 80.3 cm³/mol. The van der Waals surface area contributed by atoms with Gasteiger partial charge in [-0.2, -0.15) is 4.98 Å². The van der Waals surface area contributed by atoms with Gasteiger partial charge in [-0.05, 0) is 22.0 Å². The van der Waals surface area contributed by atoms with E-state index in [1.807, 2.05) is 0 Å². The fraction of sp³-hybridized carbons (Fsp3) is 0.385. The summed E-state index contributed by atoms with van der Waals surface area (Å²) in [6, 6.07) is 1.10. The van der Waals surface area contributed by atoms with Gasteiger partial charge in [0.1, 0.15) is 6.04 Å². The second-order valence-corrected chi connectivity index (χ2v) is 5.60. The van der Waals surface area contributed by atoms with Crippen LogP contribution in [-0.4, -0.2) is 45.8 Å². The van der Waals surface area contributed by atoms with Gasteiger partial charge >= 0.3 is 6.03 Å². The highest BCUT2D eigenvalue weighted by molar-refractivity contribution is 9.10. The first-order valence-corrected chi connectivity index (χ1v) is 7.49. The quantitative estimate of drug-likeness (QED) is 0.873. The molecular weight excluding hydrogens is 354 g/mol. The molecule has 1 unspecified atom stereocenters. The molecule has 2 aromatic rings. The highest BCUT2D eigenvalue weighted by atomic mass is 79.9. The molecule has 1 aliphatic heterocycles. The molecule has 2 amide bonds. The first-order valence-electron chi connectivity index (χ1n) is 6.70. The molecule has 22 heavy (non-hydrogen) atoms. The van der Waals surface area contributed by atoms with Gasteiger partial charge in [-0.3, -0.25) is 4.98 Å². The highest BCUT2D eigenvalue weighted by Crippen LogP contribution is 2.25. The molecule has 3 heterocycles. The minimum Gasteiger partial charge on any atom is -0.377 e. The number of morpholine rings is 1. The van der Waals surface area contributed by atoms with Gasteiger partial charge in [0.05, 0.1) is 23.4 Å². The number of amides is 2. The zero-order valence-electron chi connectivity index (χ0n) is 11.8. The number of aromatic nitrogens is 3. The van der Waals surface area contributed by atoms with E-state index in [1.54, 1.807) is 30.3 Å². The molecule has 2 aromatic heterocycles. The molecule has 9 heteroatoms. The number of carbonyl (C=O) groups is 1. The first kappa shape index (κ1) is 14.9. The molecule has 1 saturated heterocycles. The van der Waals surface area contributed by atoms with Gasteiger partial charge in [0.25, 0.3) is 0 Å². The average molecular weight is 368 g/mol. The number of nitrogens with one attached hydrogen (secondary N) is 1. The van der Waals surface area contributed by atoms with Crippen LogP contribution >= 0.6 is 15.9 Å². The lowest BCUT2D eigenvalue weighted by molar-refractivity contribution is 0.0110. The Morgan fingerprint density at radius 2 is 2.41 bits per heavy atom. The van der Waals surface area contributed by atoms with Crippen LogP contribution in [0.3, 0.4) is 0 Å². The van der Waals surface area contributed by atoms with E-state index in [2.05, 4.69) is 36.4 Å². The number of nitrogens with zero attached hydrogens (tertiary/aromatic N) is 4. The van der Waals surface area contributed by atoms with Crippen molar-refractivity contribution in [3.05, 3.63) is 34.6 Å². The minimum absolute atomic E-state index is 0.248. The van der Waals surface area contributed by atoms with Gasteiger partial charge in [0, 0.05) is 25.9 Å². The third-order valence-electron chi connectivity index (χ3n) is 3.24. The summed E-state index contributed by atoms with van der Waals surface area (Å²) in [4.78, 5) is 22.3. The zero-order chi connectivity index (χ0) is 15.5. The maximum Gasteiger partial charge on any atom is 0.322 e. The second kappa shape index (κ2) is 6.41. The molecule has 8 nitrogen and oxygen atoms in total. The van der Waals surface area contributed by atoms with E-state index in [9.17, 15) is 4.79 Å². The predicted octanol–water partition coefficient (Wildman–Crippen LogP) is 2.14. The molecule has 0 aliphatic carbocycles. The van der Waals surface area contributed by atoms with Crippen molar-refractivity contribution >= 4 is 27.6 Å². The number of hydrogen-bond acceptors (Lipinski definition) is 6. The molecule has 1 aliphatic rings. The van der Waals surface area contributed by atoms with Crippen LogP contribution in [0.1, 0.15) is 17.8 Å². The van der Waals surface area contributed by atoms with E-state index < -0.39 is 0 Å². The summed E-state index contributed by atoms with van der Waals surface area (Å²) >= 11 is 3.35. The number of anilines is 1. The van der Waals surface area contributed by atoms with Crippen molar-refractivity contribution in [1.82, 2.24) is 20.0 Å². The SMILES string of the molecule is Cc1nc(C2COCCN2C(=O)Nc2ccncc2Br)no1. The van der Waals surface area contributed by atoms with Crippen LogP contribution in [0.5, 0.6) is 0 Å². The Labute approximate surface area is 135 Å². The Balaban J connectivity index is 1.78. The number of rotatable bonds is 2. The third-order valence-corrected chi connectivity index (χ3v) is 3.88. The molecule has 1 fully saturated rings. The maximum absolute atomic E-state index is 12.5. The number of hydrogen-bond donors (Lipinski definition) is 1. The molecule has 0 radical (unpaired) electrons. The maximum atomic E-state index is 12.5. The fourth-order valence-corrected chi connectivity index (χ4v) is 2.52. The molecule has 3 rings (SSSR count). The van der Waals surface area contributed by atoms with Gasteiger partial charge in [-0.15, -0.1) is 0 Å². The summed E-state index contributed by atoms with van der Waals surface area (Å²) in [5, 5.41) is 6.73. The van der Waals surface area contributed by atoms with Gasteiger partial charge in [-0.1, -0.05) is 5.16 Å². The van der Waals surface area contributed by atoms with Crippen molar-refractivity contribution in [2.75, 3.05) is 25.1 Å². The Bertz CT molecular complexity index is 677. The summed E-state index contributed by atoms with van der Waals surface area (Å²) < 4.78 is 11.1. The lowest BCUT2D eigenvalue weighted by Gasteiger charge is -2.33. The minimum atomic E-state index is -0.369. The normalized spacial score (nSPS) is 18.3. The van der Waals surface area contributed by atoms with E-state index in [0.717, 1.165) is 0 Å². The van der Waals surface area contributed by atoms with E-state index >= 15 is 0 Å². The monoisotopic (exact) mass is 367 g/mol. The number of ether oxygens (including phenoxy) is 1. The standard InChI is InChI=1S/C13H14BrN5O3/c1-8-16-12(18-22-8)11-7-21-5-4-19(11)13(20)17-10-2-3-15-6-9(10)14/h2-3,6,11H,4-5,7H2,1H3,(H,15,17,20). The third kappa shape index (κ3) is 3.09. The molecule has 1 atom stereocenters. The fourth-order valence-electron chi connectivity index (χ4n) is 2.17. The second-order valence-electron chi connectivity index (χ2n) is 4.74. The van der Waals surface area contributed by atoms with Crippen LogP contribution < -0.4 is 5.32 Å². The number of urea groups is 1. The molecule has 0 bridgehead atoms. The molecular formula is C13H14BrN5O3. The van der Waals surface area contributed by atoms with Crippen LogP contribution in [0.2, 0.25) is 0 Å². The molecule has 116 valence electrons. The van der Waals surface area contributed by atoms with Gasteiger partial charge in [0.2, 0.25) is 5.89 Å². The summed E-state index contributed by atoms with van der Waals surface area (Å²) in [6.07, 6.45) is 3.23. The zero-order valence-corrected chi connectivity index (χ0v) is 13.4. The lowest BCUT2D eigenvalue weighted by atomic mass is 10.2. The van der Waals surface area contributed by atoms with Crippen molar-refractivity contribution in [2.45, 2.75) is 13.0 Å². The van der Waals surface area contributed by atoms with E-state index in [1.165, 1.54) is 0 Å². The topological polar surface area (TPSA) is 93.4 Å². The molecule has 0 spiro atoms. The average Bonchev–Trinajstić information content (AvgIpc) is 2.96. The Morgan fingerprint density at radius 1 is 1.55 bits per heavy atom. The lowest BCUT2D eigenvalue weighted by Crippen LogP contribution is -2.45. The van der Waals surface area contributed by atoms with Gasteiger partial charge in [0.15, 0.2) is 5.82 Å². The Kier molecular flexibility index (Phi) is 4.34. The number of pyridine rings is 1. The largest absolute Gasteiger partial charge is 0.377 e. The smallest absolute Gasteiger partial charge is 0.322 e. The van der Waals surface area contributed by atoms with Crippen LogP contribution in [0.25, 0.3) is 0 Å². The summed E-state index contributed by atoms with van der Waals surface area (Å²) in [7, 11) is 0. The summed E-state index contributed by atoms with van der Waals surface area (Å²) in [6.45, 7) is 2.97. The van der Waals surface area contributed by atoms with Gasteiger partial charge < -0.3 is 19.5 Å². The van der Waals surface area contributed by atoms with Crippen LogP contribution in [0.4, 0.5) is 10.5 Å². The van der Waals surface area contributed by atoms with Gasteiger partial charge in [-0.25, -0.2) is 4.79 Å². The van der Waals surface area contributed by atoms with Crippen molar-refractivity contribution in [3.63, 3.8) is 0 Å². The number of halogens is 1. The van der Waals surface area contributed by atoms with Crippen LogP contribution in [-0.2, 0) is 4.74 Å². The Morgan fingerprint density at radius 3 is 3.14 bits per heavy atom. The van der Waals surface area contributed by atoms with Crippen molar-refractivity contribution < 1.29 is 14.1 Å². The summed E-state index contributed by atoms with van der Waals surface area (Å²) in [5.74, 6) is 0.902. The van der Waals surface area contributed by atoms with Crippen molar-refractivity contribution in [2.24, 2.45) is 0 Å². The van der Waals surface area contributed by atoms with E-state index in [-0.39, 0.29) is 12.1 Å². The summed E-state index contributed by atoms with van der Waals surface area (Å²) in [5.41, 5.74) is 0.648. The van der Waals surface area contributed by atoms with Crippen LogP contribution in [0.15, 0.2) is 27.5 Å². The van der Waals surface area contributed by atoms with E-state index in [0.29, 0.717) is 41.6 Å². The number of carbonyl (C=O) groups excluding carboxylic acids is 1. The van der Waals surface area contributed by atoms with Crippen molar-refractivity contribution in [1.29, 1.82) is 0 Å². The highest BCUT2D eigenvalue weighted by Gasteiger charge is 2.32. The van der Waals surface area contributed by atoms with Crippen molar-refractivity contribution in [3.8, 4) is 0 Å². The van der Waals surface area contributed by atoms with E-state index in [4.69, 9.17) is 9.26 Å². The first-order chi connectivity index (χ1) is 10.6. The Hall–Kier alpha value is -2.00. The molecule has 1 N–H and O–H groups in total. The number of aryl methyl sites for hydroxylation is 1.